The largest absolute Gasteiger partial charge is 0.494 e. The minimum Gasteiger partial charge on any atom is -0.494 e. The summed E-state index contributed by atoms with van der Waals surface area (Å²) in [6.45, 7) is 11.5. The van der Waals surface area contributed by atoms with E-state index in [0.717, 1.165) is 25.1 Å². The molecule has 8 heteroatoms. The van der Waals surface area contributed by atoms with Crippen molar-refractivity contribution in [2.75, 3.05) is 49.2 Å². The second kappa shape index (κ2) is 8.76. The smallest absolute Gasteiger partial charge is 0.320 e. The molecule has 0 spiro atoms. The van der Waals surface area contributed by atoms with E-state index in [0.29, 0.717) is 38.2 Å². The molecule has 0 saturated carbocycles. The van der Waals surface area contributed by atoms with Crippen LogP contribution in [-0.4, -0.2) is 80.6 Å². The van der Waals surface area contributed by atoms with Crippen molar-refractivity contribution < 1.29 is 17.9 Å². The molecule has 4 aliphatic heterocycles. The highest BCUT2D eigenvalue weighted by atomic mass is 32.2. The van der Waals surface area contributed by atoms with Gasteiger partial charge in [0.2, 0.25) is 0 Å². The first-order valence-corrected chi connectivity index (χ1v) is 13.7. The quantitative estimate of drug-likeness (QED) is 0.686. The first kappa shape index (κ1) is 23.2. The average Bonchev–Trinajstić information content (AvgIpc) is 2.99. The number of benzene rings is 1. The number of hydrogen-bond donors (Lipinski definition) is 0. The molecule has 3 unspecified atom stereocenters. The van der Waals surface area contributed by atoms with Crippen LogP contribution in [0.5, 0.6) is 5.75 Å². The molecule has 178 valence electrons. The highest BCUT2D eigenvalue weighted by molar-refractivity contribution is 7.91. The summed E-state index contributed by atoms with van der Waals surface area (Å²) in [4.78, 5) is 19.7. The summed E-state index contributed by atoms with van der Waals surface area (Å²) in [5.41, 5.74) is 1.25. The number of ether oxygens (including phenoxy) is 1. The standard InChI is InChI=1S/C24H37N3O4S/c1-5-21-18-15-24(3,4)22(27(21)19-7-9-20(10-8-19)31-6-2)17-26(16-18)23(28)25-11-13-32(29,30)14-12-25/h7-10,18,21-22H,5-6,11-17H2,1-4H3. The lowest BCUT2D eigenvalue weighted by Gasteiger charge is -2.53. The van der Waals surface area contributed by atoms with Crippen LogP contribution in [0.2, 0.25) is 0 Å². The Morgan fingerprint density at radius 2 is 1.72 bits per heavy atom. The van der Waals surface area contributed by atoms with Crippen LogP contribution < -0.4 is 9.64 Å². The molecule has 5 rings (SSSR count). The van der Waals surface area contributed by atoms with Gasteiger partial charge in [-0.1, -0.05) is 20.8 Å². The first-order valence-electron chi connectivity index (χ1n) is 11.9. The van der Waals surface area contributed by atoms with E-state index in [9.17, 15) is 13.2 Å². The lowest BCUT2D eigenvalue weighted by molar-refractivity contribution is 0.153. The Morgan fingerprint density at radius 3 is 2.31 bits per heavy atom. The van der Waals surface area contributed by atoms with Crippen molar-refractivity contribution in [2.45, 2.75) is 52.6 Å². The molecule has 2 bridgehead atoms. The van der Waals surface area contributed by atoms with E-state index in [1.165, 1.54) is 5.69 Å². The molecule has 4 aliphatic rings. The molecule has 4 heterocycles. The van der Waals surface area contributed by atoms with Gasteiger partial charge in [-0.2, -0.15) is 0 Å². The SMILES string of the molecule is CCOc1ccc(N2C(CC)C3CN(C(=O)N4CCS(=O)(=O)CC4)CC2C(C)(C)C3)cc1. The number of piperidine rings is 1. The maximum Gasteiger partial charge on any atom is 0.320 e. The molecule has 32 heavy (non-hydrogen) atoms. The summed E-state index contributed by atoms with van der Waals surface area (Å²) < 4.78 is 29.3. The Kier molecular flexibility index (Phi) is 6.36. The van der Waals surface area contributed by atoms with Gasteiger partial charge in [-0.3, -0.25) is 0 Å². The summed E-state index contributed by atoms with van der Waals surface area (Å²) in [7, 11) is -3.01. The number of fused-ring (bicyclic) bond motifs is 4. The monoisotopic (exact) mass is 463 g/mol. The molecule has 2 amide bonds. The Balaban J connectivity index is 1.61. The number of urea groups is 1. The highest BCUT2D eigenvalue weighted by Gasteiger charge is 2.51. The van der Waals surface area contributed by atoms with Crippen molar-refractivity contribution in [1.29, 1.82) is 0 Å². The Labute approximate surface area is 192 Å². The van der Waals surface area contributed by atoms with E-state index in [4.69, 9.17) is 4.74 Å². The van der Waals surface area contributed by atoms with Crippen LogP contribution in [0.25, 0.3) is 0 Å². The number of carbonyl (C=O) groups excluding carboxylic acids is 1. The third kappa shape index (κ3) is 4.43. The second-order valence-corrected chi connectivity index (χ2v) is 12.4. The molecule has 1 aromatic rings. The summed E-state index contributed by atoms with van der Waals surface area (Å²) in [5.74, 6) is 1.39. The molecule has 0 aliphatic carbocycles. The van der Waals surface area contributed by atoms with Gasteiger partial charge in [-0.25, -0.2) is 13.2 Å². The second-order valence-electron chi connectivity index (χ2n) is 10.1. The van der Waals surface area contributed by atoms with E-state index in [2.05, 4.69) is 37.8 Å². The van der Waals surface area contributed by atoms with Crippen LogP contribution >= 0.6 is 0 Å². The lowest BCUT2D eigenvalue weighted by atomic mass is 9.70. The zero-order valence-electron chi connectivity index (χ0n) is 19.8. The fraction of sp³-hybridized carbons (Fsp3) is 0.708. The number of nitrogens with zero attached hydrogens (tertiary/aromatic N) is 3. The normalized spacial score (nSPS) is 29.0. The zero-order chi connectivity index (χ0) is 23.1. The van der Waals surface area contributed by atoms with Gasteiger partial charge in [0.05, 0.1) is 24.2 Å². The Hall–Kier alpha value is -1.96. The van der Waals surface area contributed by atoms with Crippen molar-refractivity contribution in [2.24, 2.45) is 11.3 Å². The molecule has 7 nitrogen and oxygen atoms in total. The summed E-state index contributed by atoms with van der Waals surface area (Å²) in [6, 6.07) is 8.92. The topological polar surface area (TPSA) is 70.2 Å². The highest BCUT2D eigenvalue weighted by Crippen LogP contribution is 2.47. The van der Waals surface area contributed by atoms with Crippen LogP contribution in [0.1, 0.15) is 40.5 Å². The van der Waals surface area contributed by atoms with Gasteiger partial charge in [-0.15, -0.1) is 0 Å². The molecule has 3 atom stereocenters. The van der Waals surface area contributed by atoms with Gasteiger partial charge >= 0.3 is 6.03 Å². The van der Waals surface area contributed by atoms with E-state index in [1.54, 1.807) is 4.90 Å². The zero-order valence-corrected chi connectivity index (χ0v) is 20.6. The molecule has 0 N–H and O–H groups in total. The number of rotatable bonds is 4. The van der Waals surface area contributed by atoms with E-state index < -0.39 is 9.84 Å². The van der Waals surface area contributed by atoms with Crippen LogP contribution in [0.4, 0.5) is 10.5 Å². The van der Waals surface area contributed by atoms with Gasteiger partial charge in [0.25, 0.3) is 0 Å². The van der Waals surface area contributed by atoms with Gasteiger partial charge in [0.1, 0.15) is 5.75 Å². The number of sulfone groups is 1. The summed E-state index contributed by atoms with van der Waals surface area (Å²) in [5, 5.41) is 0. The van der Waals surface area contributed by atoms with Gasteiger partial charge in [-0.05, 0) is 55.4 Å². The third-order valence-electron chi connectivity index (χ3n) is 7.53. The van der Waals surface area contributed by atoms with Crippen LogP contribution in [-0.2, 0) is 9.84 Å². The molecule has 1 aromatic carbocycles. The van der Waals surface area contributed by atoms with Gasteiger partial charge in [0, 0.05) is 37.9 Å². The fourth-order valence-corrected chi connectivity index (χ4v) is 7.11. The molecule has 4 saturated heterocycles. The van der Waals surface area contributed by atoms with Crippen molar-refractivity contribution in [3.63, 3.8) is 0 Å². The van der Waals surface area contributed by atoms with Crippen molar-refractivity contribution in [1.82, 2.24) is 9.80 Å². The maximum absolute atomic E-state index is 13.4. The van der Waals surface area contributed by atoms with E-state index >= 15 is 0 Å². The summed E-state index contributed by atoms with van der Waals surface area (Å²) in [6.07, 6.45) is 2.11. The van der Waals surface area contributed by atoms with Crippen LogP contribution in [0.3, 0.4) is 0 Å². The number of carbonyl (C=O) groups is 1. The minimum absolute atomic E-state index is 0.00371. The molecule has 0 radical (unpaired) electrons. The van der Waals surface area contributed by atoms with Crippen molar-refractivity contribution >= 4 is 21.6 Å². The lowest BCUT2D eigenvalue weighted by Crippen LogP contribution is -2.59. The fourth-order valence-electron chi connectivity index (χ4n) is 5.91. The van der Waals surface area contributed by atoms with Crippen LogP contribution in [0, 0.1) is 11.3 Å². The predicted molar refractivity (Wildman–Crippen MR) is 127 cm³/mol. The van der Waals surface area contributed by atoms with E-state index in [-0.39, 0.29) is 29.0 Å². The number of amides is 2. The van der Waals surface area contributed by atoms with Crippen molar-refractivity contribution in [3.8, 4) is 5.75 Å². The number of anilines is 1. The first-order chi connectivity index (χ1) is 15.1. The van der Waals surface area contributed by atoms with Crippen LogP contribution in [0.15, 0.2) is 24.3 Å². The third-order valence-corrected chi connectivity index (χ3v) is 9.13. The molecular formula is C24H37N3O4S. The number of hydrogen-bond acceptors (Lipinski definition) is 5. The summed E-state index contributed by atoms with van der Waals surface area (Å²) >= 11 is 0. The maximum atomic E-state index is 13.4. The molecule has 4 fully saturated rings. The van der Waals surface area contributed by atoms with Crippen molar-refractivity contribution in [3.05, 3.63) is 24.3 Å². The van der Waals surface area contributed by atoms with Gasteiger partial charge in [0.15, 0.2) is 9.84 Å². The Morgan fingerprint density at radius 1 is 1.06 bits per heavy atom. The molecular weight excluding hydrogens is 426 g/mol. The van der Waals surface area contributed by atoms with Gasteiger partial charge < -0.3 is 19.4 Å². The Bertz CT molecular complexity index is 917. The minimum atomic E-state index is -3.01. The predicted octanol–water partition coefficient (Wildman–Crippen LogP) is 3.25. The van der Waals surface area contributed by atoms with E-state index in [1.807, 2.05) is 24.0 Å². The molecule has 0 aromatic heterocycles. The average molecular weight is 464 g/mol.